The van der Waals surface area contributed by atoms with E-state index in [2.05, 4.69) is 5.10 Å². The fourth-order valence-corrected chi connectivity index (χ4v) is 4.79. The molecule has 1 aromatic heterocycles. The Balaban J connectivity index is 2.02. The van der Waals surface area contributed by atoms with Crippen LogP contribution in [0, 0.1) is 5.82 Å². The van der Waals surface area contributed by atoms with Gasteiger partial charge in [-0.15, -0.1) is 0 Å². The fourth-order valence-electron chi connectivity index (χ4n) is 2.96. The molecule has 2 heterocycles. The molecule has 2 atom stereocenters. The molecule has 23 heavy (non-hydrogen) atoms. The SMILES string of the molecule is CCn1nccc1S(=O)(=O)N1C[C@@H](O)C[C@H]1c1cccc(F)c1. The number of hydrogen-bond acceptors (Lipinski definition) is 4. The molecule has 0 spiro atoms. The molecule has 0 amide bonds. The number of sulfonamides is 1. The number of hydrogen-bond donors (Lipinski definition) is 1. The zero-order valence-corrected chi connectivity index (χ0v) is 13.4. The molecule has 3 rings (SSSR count). The average molecular weight is 339 g/mol. The first-order chi connectivity index (χ1) is 10.9. The lowest BCUT2D eigenvalue weighted by molar-refractivity contribution is 0.188. The quantitative estimate of drug-likeness (QED) is 0.917. The summed E-state index contributed by atoms with van der Waals surface area (Å²) in [6.45, 7) is 2.20. The maximum atomic E-state index is 13.5. The van der Waals surface area contributed by atoms with Gasteiger partial charge in [-0.3, -0.25) is 4.68 Å². The molecule has 0 bridgehead atoms. The Morgan fingerprint density at radius 2 is 2.17 bits per heavy atom. The van der Waals surface area contributed by atoms with Gasteiger partial charge in [-0.1, -0.05) is 12.1 Å². The highest BCUT2D eigenvalue weighted by Gasteiger charge is 2.41. The predicted molar refractivity (Wildman–Crippen MR) is 81.6 cm³/mol. The largest absolute Gasteiger partial charge is 0.392 e. The Morgan fingerprint density at radius 3 is 2.87 bits per heavy atom. The van der Waals surface area contributed by atoms with Gasteiger partial charge in [0.05, 0.1) is 18.3 Å². The van der Waals surface area contributed by atoms with E-state index in [9.17, 15) is 17.9 Å². The van der Waals surface area contributed by atoms with Gasteiger partial charge in [0, 0.05) is 13.1 Å². The smallest absolute Gasteiger partial charge is 0.260 e. The Kier molecular flexibility index (Phi) is 4.22. The summed E-state index contributed by atoms with van der Waals surface area (Å²) in [5, 5.41) is 14.0. The van der Waals surface area contributed by atoms with E-state index in [1.807, 2.05) is 0 Å². The van der Waals surface area contributed by atoms with Crippen LogP contribution in [0.3, 0.4) is 0 Å². The summed E-state index contributed by atoms with van der Waals surface area (Å²) < 4.78 is 42.0. The van der Waals surface area contributed by atoms with Crippen molar-refractivity contribution < 1.29 is 17.9 Å². The summed E-state index contributed by atoms with van der Waals surface area (Å²) in [6.07, 6.45) is 0.888. The van der Waals surface area contributed by atoms with Crippen molar-refractivity contribution >= 4 is 10.0 Å². The summed E-state index contributed by atoms with van der Waals surface area (Å²) in [6, 6.07) is 6.67. The van der Waals surface area contributed by atoms with Crippen LogP contribution in [0.15, 0.2) is 41.6 Å². The molecule has 0 unspecified atom stereocenters. The normalized spacial score (nSPS) is 22.6. The van der Waals surface area contributed by atoms with Crippen LogP contribution in [0.1, 0.15) is 24.9 Å². The summed E-state index contributed by atoms with van der Waals surface area (Å²) >= 11 is 0. The van der Waals surface area contributed by atoms with Gasteiger partial charge < -0.3 is 5.11 Å². The predicted octanol–water partition coefficient (Wildman–Crippen LogP) is 1.54. The lowest BCUT2D eigenvalue weighted by Gasteiger charge is -2.24. The second-order valence-electron chi connectivity index (χ2n) is 5.52. The third kappa shape index (κ3) is 2.89. The number of aryl methyl sites for hydroxylation is 1. The summed E-state index contributed by atoms with van der Waals surface area (Å²) in [7, 11) is -3.83. The van der Waals surface area contributed by atoms with Crippen LogP contribution in [0.25, 0.3) is 0 Å². The number of rotatable bonds is 4. The van der Waals surface area contributed by atoms with Crippen LogP contribution in [0.2, 0.25) is 0 Å². The van der Waals surface area contributed by atoms with E-state index >= 15 is 0 Å². The second-order valence-corrected chi connectivity index (χ2v) is 7.36. The van der Waals surface area contributed by atoms with E-state index in [1.54, 1.807) is 13.0 Å². The highest BCUT2D eigenvalue weighted by Crippen LogP contribution is 2.36. The van der Waals surface area contributed by atoms with Crippen molar-refractivity contribution in [2.45, 2.75) is 37.1 Å². The monoisotopic (exact) mass is 339 g/mol. The van der Waals surface area contributed by atoms with E-state index in [1.165, 1.54) is 39.4 Å². The first-order valence-electron chi connectivity index (χ1n) is 7.40. The maximum Gasteiger partial charge on any atom is 0.260 e. The summed E-state index contributed by atoms with van der Waals surface area (Å²) in [5.74, 6) is -0.431. The molecular formula is C15H18FN3O3S. The number of nitrogens with zero attached hydrogens (tertiary/aromatic N) is 3. The zero-order chi connectivity index (χ0) is 16.6. The van der Waals surface area contributed by atoms with E-state index in [-0.39, 0.29) is 18.0 Å². The van der Waals surface area contributed by atoms with Crippen LogP contribution in [-0.2, 0) is 16.6 Å². The Morgan fingerprint density at radius 1 is 1.39 bits per heavy atom. The standard InChI is InChI=1S/C15H18FN3O3S/c1-2-18-15(6-7-17-18)23(21,22)19-10-13(20)9-14(19)11-4-3-5-12(16)8-11/h3-8,13-14,20H,2,9-10H2,1H3/t13-,14-/m0/s1. The van der Waals surface area contributed by atoms with Crippen molar-refractivity contribution in [2.75, 3.05) is 6.54 Å². The molecule has 1 fully saturated rings. The fraction of sp³-hybridized carbons (Fsp3) is 0.400. The van der Waals surface area contributed by atoms with Crippen molar-refractivity contribution in [3.05, 3.63) is 47.9 Å². The topological polar surface area (TPSA) is 75.4 Å². The minimum atomic E-state index is -3.83. The van der Waals surface area contributed by atoms with Crippen LogP contribution in [0.4, 0.5) is 4.39 Å². The molecule has 0 saturated carbocycles. The molecule has 1 aliphatic heterocycles. The first kappa shape index (κ1) is 16.1. The van der Waals surface area contributed by atoms with Gasteiger partial charge in [-0.05, 0) is 37.1 Å². The number of halogens is 1. The summed E-state index contributed by atoms with van der Waals surface area (Å²) in [4.78, 5) is 0. The number of aliphatic hydroxyl groups excluding tert-OH is 1. The van der Waals surface area contributed by atoms with Crippen LogP contribution < -0.4 is 0 Å². The number of aromatic nitrogens is 2. The maximum absolute atomic E-state index is 13.5. The first-order valence-corrected chi connectivity index (χ1v) is 8.84. The van der Waals surface area contributed by atoms with Gasteiger partial charge in [0.25, 0.3) is 10.0 Å². The zero-order valence-electron chi connectivity index (χ0n) is 12.6. The lowest BCUT2D eigenvalue weighted by atomic mass is 10.0. The van der Waals surface area contributed by atoms with Gasteiger partial charge in [0.2, 0.25) is 0 Å². The molecule has 1 aliphatic rings. The van der Waals surface area contributed by atoms with Gasteiger partial charge in [0.15, 0.2) is 5.03 Å². The third-order valence-corrected chi connectivity index (χ3v) is 5.91. The van der Waals surface area contributed by atoms with Crippen LogP contribution in [-0.4, -0.2) is 40.3 Å². The van der Waals surface area contributed by atoms with Gasteiger partial charge in [-0.25, -0.2) is 12.8 Å². The number of β-amino-alcohol motifs (C(OH)–C–C–N with tert-alkyl or cyclic N) is 1. The molecule has 8 heteroatoms. The van der Waals surface area contributed by atoms with Crippen LogP contribution in [0.5, 0.6) is 0 Å². The second kappa shape index (κ2) is 6.03. The van der Waals surface area contributed by atoms with E-state index in [4.69, 9.17) is 0 Å². The average Bonchev–Trinajstić information content (AvgIpc) is 3.13. The minimum absolute atomic E-state index is 0.0155. The Bertz CT molecular complexity index is 806. The molecule has 1 saturated heterocycles. The molecule has 0 radical (unpaired) electrons. The molecule has 2 aromatic rings. The van der Waals surface area contributed by atoms with Crippen molar-refractivity contribution in [3.8, 4) is 0 Å². The molecule has 124 valence electrons. The van der Waals surface area contributed by atoms with Crippen LogP contribution >= 0.6 is 0 Å². The summed E-state index contributed by atoms with van der Waals surface area (Å²) in [5.41, 5.74) is 0.535. The molecule has 6 nitrogen and oxygen atoms in total. The Labute approximate surface area is 134 Å². The molecule has 0 aliphatic carbocycles. The highest BCUT2D eigenvalue weighted by molar-refractivity contribution is 7.89. The number of aliphatic hydroxyl groups is 1. The molecule has 1 aromatic carbocycles. The number of benzene rings is 1. The van der Waals surface area contributed by atoms with Crippen molar-refractivity contribution in [3.63, 3.8) is 0 Å². The molecular weight excluding hydrogens is 321 g/mol. The van der Waals surface area contributed by atoms with Crippen molar-refractivity contribution in [1.29, 1.82) is 0 Å². The van der Waals surface area contributed by atoms with Gasteiger partial charge >= 0.3 is 0 Å². The highest BCUT2D eigenvalue weighted by atomic mass is 32.2. The van der Waals surface area contributed by atoms with Gasteiger partial charge in [-0.2, -0.15) is 9.40 Å². The third-order valence-electron chi connectivity index (χ3n) is 4.02. The lowest BCUT2D eigenvalue weighted by Crippen LogP contribution is -2.33. The van der Waals surface area contributed by atoms with Gasteiger partial charge in [0.1, 0.15) is 5.82 Å². The van der Waals surface area contributed by atoms with E-state index in [0.29, 0.717) is 12.1 Å². The van der Waals surface area contributed by atoms with E-state index < -0.39 is 28.0 Å². The Hall–Kier alpha value is -1.77. The molecule has 1 N–H and O–H groups in total. The van der Waals surface area contributed by atoms with E-state index in [0.717, 1.165) is 0 Å². The van der Waals surface area contributed by atoms with Crippen molar-refractivity contribution in [2.24, 2.45) is 0 Å². The van der Waals surface area contributed by atoms with Crippen molar-refractivity contribution in [1.82, 2.24) is 14.1 Å². The minimum Gasteiger partial charge on any atom is -0.392 e.